The Balaban J connectivity index is 0.00000210. The zero-order valence-electron chi connectivity index (χ0n) is 15.9. The maximum Gasteiger partial charge on any atom is 0.409 e. The van der Waals surface area contributed by atoms with Gasteiger partial charge in [0.2, 0.25) is 0 Å². The topological polar surface area (TPSA) is 44.8 Å². The van der Waals surface area contributed by atoms with Crippen LogP contribution in [0, 0.1) is 5.92 Å². The molecule has 26 heavy (non-hydrogen) atoms. The van der Waals surface area contributed by atoms with Crippen molar-refractivity contribution in [1.29, 1.82) is 0 Å². The maximum absolute atomic E-state index is 11.8. The van der Waals surface area contributed by atoms with Crippen LogP contribution in [0.5, 0.6) is 0 Å². The quantitative estimate of drug-likeness (QED) is 0.896. The number of ether oxygens (including phenoxy) is 1. The van der Waals surface area contributed by atoms with Gasteiger partial charge in [-0.15, -0.1) is 0 Å². The summed E-state index contributed by atoms with van der Waals surface area (Å²) in [5.41, 5.74) is 3.22. The number of carbonyl (C=O) groups excluding carboxylic acids is 1. The first-order chi connectivity index (χ1) is 12.7. The van der Waals surface area contributed by atoms with E-state index in [1.165, 1.54) is 43.7 Å². The highest BCUT2D eigenvalue weighted by Gasteiger charge is 2.41. The number of hydrogen-bond donors (Lipinski definition) is 1. The second-order valence-corrected chi connectivity index (χ2v) is 8.11. The Bertz CT molecular complexity index is 638. The summed E-state index contributed by atoms with van der Waals surface area (Å²) in [7, 11) is 0. The molecular formula is C21H33N3O2. The van der Waals surface area contributed by atoms with Crippen molar-refractivity contribution in [3.63, 3.8) is 0 Å². The second kappa shape index (κ2) is 7.47. The maximum atomic E-state index is 11.8. The lowest BCUT2D eigenvalue weighted by molar-refractivity contribution is 0.0800. The minimum atomic E-state index is -0.140. The number of carbonyl (C=O) groups is 1. The molecule has 0 aliphatic carbocycles. The highest BCUT2D eigenvalue weighted by atomic mass is 16.6. The highest BCUT2D eigenvalue weighted by molar-refractivity contribution is 5.67. The molecule has 5 heteroatoms. The van der Waals surface area contributed by atoms with Gasteiger partial charge in [-0.3, -0.25) is 0 Å². The average Bonchev–Trinajstić information content (AvgIpc) is 3.03. The van der Waals surface area contributed by atoms with Crippen molar-refractivity contribution in [2.24, 2.45) is 5.92 Å². The standard InChI is InChI=1S/C21H31N3O2.H2/c1-2-26-20(25)24-11-7-17(8-12-24)15-23-13-9-21(10-14-23)16-22-19-6-4-3-5-18(19)21;/h3-6,17,22H,2,7-16H2,1H3;1H. The number of amides is 1. The third kappa shape index (κ3) is 3.41. The minimum absolute atomic E-state index is 0. The van der Waals surface area contributed by atoms with Crippen LogP contribution in [0.2, 0.25) is 0 Å². The number of hydrogen-bond acceptors (Lipinski definition) is 4. The summed E-state index contributed by atoms with van der Waals surface area (Å²) in [6, 6.07) is 8.84. The van der Waals surface area contributed by atoms with Gasteiger partial charge in [0, 0.05) is 38.7 Å². The molecule has 1 N–H and O–H groups in total. The van der Waals surface area contributed by atoms with Crippen molar-refractivity contribution in [1.82, 2.24) is 9.80 Å². The Morgan fingerprint density at radius 2 is 1.96 bits per heavy atom. The van der Waals surface area contributed by atoms with Crippen molar-refractivity contribution in [2.75, 3.05) is 51.2 Å². The number of nitrogens with one attached hydrogen (secondary N) is 1. The molecule has 1 spiro atoms. The van der Waals surface area contributed by atoms with Crippen LogP contribution in [0.25, 0.3) is 0 Å². The number of anilines is 1. The van der Waals surface area contributed by atoms with Crippen molar-refractivity contribution in [2.45, 2.75) is 38.0 Å². The summed E-state index contributed by atoms with van der Waals surface area (Å²) < 4.78 is 5.12. The SMILES string of the molecule is CCOC(=O)N1CCC(CN2CCC3(CC2)CNc2ccccc23)CC1.[HH]. The van der Waals surface area contributed by atoms with E-state index in [9.17, 15) is 4.79 Å². The van der Waals surface area contributed by atoms with Gasteiger partial charge >= 0.3 is 6.09 Å². The number of fused-ring (bicyclic) bond motifs is 2. The average molecular weight is 360 g/mol. The van der Waals surface area contributed by atoms with Crippen LogP contribution in [0.15, 0.2) is 24.3 Å². The van der Waals surface area contributed by atoms with E-state index in [-0.39, 0.29) is 7.52 Å². The van der Waals surface area contributed by atoms with Crippen molar-refractivity contribution in [3.05, 3.63) is 29.8 Å². The molecule has 0 bridgehead atoms. The van der Waals surface area contributed by atoms with E-state index in [2.05, 4.69) is 34.5 Å². The van der Waals surface area contributed by atoms with Crippen molar-refractivity contribution < 1.29 is 11.0 Å². The molecule has 0 saturated carbocycles. The summed E-state index contributed by atoms with van der Waals surface area (Å²) in [5, 5.41) is 3.61. The molecule has 1 aromatic carbocycles. The van der Waals surface area contributed by atoms with Gasteiger partial charge in [0.05, 0.1) is 6.61 Å². The normalized spacial score (nSPS) is 22.9. The smallest absolute Gasteiger partial charge is 0.409 e. The number of para-hydroxylation sites is 1. The van der Waals surface area contributed by atoms with Crippen LogP contribution in [-0.4, -0.2) is 61.8 Å². The van der Waals surface area contributed by atoms with Gasteiger partial charge in [-0.2, -0.15) is 0 Å². The summed E-state index contributed by atoms with van der Waals surface area (Å²) in [6.07, 6.45) is 4.56. The summed E-state index contributed by atoms with van der Waals surface area (Å²) in [6.45, 7) is 8.68. The molecule has 3 aliphatic rings. The Labute approximate surface area is 158 Å². The molecule has 0 aromatic heterocycles. The van der Waals surface area contributed by atoms with Gasteiger partial charge in [-0.1, -0.05) is 18.2 Å². The molecule has 5 nitrogen and oxygen atoms in total. The van der Waals surface area contributed by atoms with E-state index in [1.54, 1.807) is 0 Å². The molecule has 0 atom stereocenters. The summed E-state index contributed by atoms with van der Waals surface area (Å²) in [5.74, 6) is 0.712. The summed E-state index contributed by atoms with van der Waals surface area (Å²) in [4.78, 5) is 16.3. The minimum Gasteiger partial charge on any atom is -0.450 e. The number of benzene rings is 1. The predicted octanol–water partition coefficient (Wildman–Crippen LogP) is 3.56. The highest BCUT2D eigenvalue weighted by Crippen LogP contribution is 2.43. The van der Waals surface area contributed by atoms with Gasteiger partial charge in [-0.05, 0) is 63.2 Å². The fraction of sp³-hybridized carbons (Fsp3) is 0.667. The largest absolute Gasteiger partial charge is 0.450 e. The predicted molar refractivity (Wildman–Crippen MR) is 106 cm³/mol. The lowest BCUT2D eigenvalue weighted by atomic mass is 9.74. The zero-order chi connectivity index (χ0) is 18.0. The van der Waals surface area contributed by atoms with E-state index in [1.807, 2.05) is 11.8 Å². The first-order valence-electron chi connectivity index (χ1n) is 10.2. The van der Waals surface area contributed by atoms with E-state index in [0.717, 1.165) is 32.5 Å². The molecule has 4 rings (SSSR count). The number of likely N-dealkylation sites (tertiary alicyclic amines) is 2. The van der Waals surface area contributed by atoms with Gasteiger partial charge in [0.25, 0.3) is 0 Å². The molecule has 1 aromatic rings. The third-order valence-corrected chi connectivity index (χ3v) is 6.59. The van der Waals surface area contributed by atoms with Crippen LogP contribution in [0.1, 0.15) is 39.6 Å². The molecule has 0 radical (unpaired) electrons. The second-order valence-electron chi connectivity index (χ2n) is 8.11. The van der Waals surface area contributed by atoms with Crippen LogP contribution in [0.4, 0.5) is 10.5 Å². The molecule has 144 valence electrons. The van der Waals surface area contributed by atoms with E-state index in [4.69, 9.17) is 4.74 Å². The molecule has 3 aliphatic heterocycles. The Morgan fingerprint density at radius 1 is 1.23 bits per heavy atom. The molecule has 1 amide bonds. The van der Waals surface area contributed by atoms with Crippen molar-refractivity contribution in [3.8, 4) is 0 Å². The number of piperidine rings is 2. The first kappa shape index (κ1) is 17.7. The van der Waals surface area contributed by atoms with Crippen LogP contribution < -0.4 is 5.32 Å². The Morgan fingerprint density at radius 3 is 2.69 bits per heavy atom. The molecular weight excluding hydrogens is 326 g/mol. The van der Waals surface area contributed by atoms with Crippen LogP contribution in [-0.2, 0) is 10.2 Å². The van der Waals surface area contributed by atoms with Gasteiger partial charge in [-0.25, -0.2) is 4.79 Å². The molecule has 0 unspecified atom stereocenters. The van der Waals surface area contributed by atoms with E-state index in [0.29, 0.717) is 17.9 Å². The van der Waals surface area contributed by atoms with Crippen LogP contribution in [0.3, 0.4) is 0 Å². The van der Waals surface area contributed by atoms with Crippen molar-refractivity contribution >= 4 is 11.8 Å². The fourth-order valence-corrected chi connectivity index (χ4v) is 4.95. The number of nitrogens with zero attached hydrogens (tertiary/aromatic N) is 2. The molecule has 2 fully saturated rings. The van der Waals surface area contributed by atoms with Crippen LogP contribution >= 0.6 is 0 Å². The Kier molecular flexibility index (Phi) is 5.07. The lowest BCUT2D eigenvalue weighted by Crippen LogP contribution is -2.47. The molecule has 3 heterocycles. The van der Waals surface area contributed by atoms with Gasteiger partial charge < -0.3 is 19.9 Å². The Hall–Kier alpha value is -1.75. The fourth-order valence-electron chi connectivity index (χ4n) is 4.95. The third-order valence-electron chi connectivity index (χ3n) is 6.59. The van der Waals surface area contributed by atoms with E-state index >= 15 is 0 Å². The lowest BCUT2D eigenvalue weighted by Gasteiger charge is -2.41. The van der Waals surface area contributed by atoms with Gasteiger partial charge in [0.1, 0.15) is 0 Å². The monoisotopic (exact) mass is 359 g/mol. The van der Waals surface area contributed by atoms with Gasteiger partial charge in [0.15, 0.2) is 0 Å². The zero-order valence-corrected chi connectivity index (χ0v) is 15.9. The number of rotatable bonds is 3. The van der Waals surface area contributed by atoms with E-state index < -0.39 is 0 Å². The summed E-state index contributed by atoms with van der Waals surface area (Å²) >= 11 is 0. The molecule has 2 saturated heterocycles. The first-order valence-corrected chi connectivity index (χ1v) is 10.2.